The zero-order valence-electron chi connectivity index (χ0n) is 12.3. The molecular formula is C16H20ClN3S. The quantitative estimate of drug-likeness (QED) is 0.652. The summed E-state index contributed by atoms with van der Waals surface area (Å²) in [6, 6.07) is 10.1. The van der Waals surface area contributed by atoms with Crippen LogP contribution in [0.4, 0.5) is 0 Å². The number of hydrogen-bond acceptors (Lipinski definition) is 2. The van der Waals surface area contributed by atoms with Gasteiger partial charge < -0.3 is 10.6 Å². The maximum absolute atomic E-state index is 5.88. The fourth-order valence-corrected chi connectivity index (χ4v) is 2.92. The van der Waals surface area contributed by atoms with Gasteiger partial charge in [0.25, 0.3) is 0 Å². The number of nitrogens with zero attached hydrogens (tertiary/aromatic N) is 1. The van der Waals surface area contributed by atoms with E-state index in [9.17, 15) is 0 Å². The van der Waals surface area contributed by atoms with E-state index in [1.807, 2.05) is 12.1 Å². The molecule has 0 saturated carbocycles. The third kappa shape index (κ3) is 5.06. The smallest absolute Gasteiger partial charge is 0.191 e. The van der Waals surface area contributed by atoms with Crippen LogP contribution in [-0.4, -0.2) is 19.6 Å². The van der Waals surface area contributed by atoms with Crippen LogP contribution >= 0.6 is 22.9 Å². The maximum Gasteiger partial charge on any atom is 0.191 e. The van der Waals surface area contributed by atoms with Gasteiger partial charge in [0, 0.05) is 23.5 Å². The van der Waals surface area contributed by atoms with E-state index in [1.54, 1.807) is 18.4 Å². The fraction of sp³-hybridized carbons (Fsp3) is 0.312. The molecule has 0 radical (unpaired) electrons. The van der Waals surface area contributed by atoms with Crippen molar-refractivity contribution in [2.45, 2.75) is 19.9 Å². The van der Waals surface area contributed by atoms with Gasteiger partial charge in [0.05, 0.1) is 6.54 Å². The van der Waals surface area contributed by atoms with Crippen LogP contribution in [0.1, 0.15) is 16.0 Å². The summed E-state index contributed by atoms with van der Waals surface area (Å²) in [6.45, 7) is 3.78. The largest absolute Gasteiger partial charge is 0.356 e. The van der Waals surface area contributed by atoms with Crippen molar-refractivity contribution in [3.8, 4) is 0 Å². The minimum atomic E-state index is 0.774. The van der Waals surface area contributed by atoms with Gasteiger partial charge >= 0.3 is 0 Å². The summed E-state index contributed by atoms with van der Waals surface area (Å²) in [5.41, 5.74) is 2.58. The van der Waals surface area contributed by atoms with Crippen molar-refractivity contribution < 1.29 is 0 Å². The summed E-state index contributed by atoms with van der Waals surface area (Å²) in [6.07, 6.45) is 0.940. The second kappa shape index (κ2) is 8.05. The van der Waals surface area contributed by atoms with E-state index in [0.717, 1.165) is 30.5 Å². The molecule has 112 valence electrons. The molecule has 0 fully saturated rings. The molecule has 1 aromatic carbocycles. The summed E-state index contributed by atoms with van der Waals surface area (Å²) in [5.74, 6) is 0.830. The van der Waals surface area contributed by atoms with Crippen molar-refractivity contribution in [2.75, 3.05) is 13.6 Å². The van der Waals surface area contributed by atoms with Crippen LogP contribution in [0.25, 0.3) is 0 Å². The number of guanidine groups is 1. The van der Waals surface area contributed by atoms with Crippen molar-refractivity contribution in [1.29, 1.82) is 0 Å². The molecule has 2 N–H and O–H groups in total. The number of aliphatic imine (C=N–C) groups is 1. The lowest BCUT2D eigenvalue weighted by Gasteiger charge is -2.11. The Morgan fingerprint density at radius 2 is 1.95 bits per heavy atom. The molecule has 2 rings (SSSR count). The van der Waals surface area contributed by atoms with E-state index in [2.05, 4.69) is 46.1 Å². The fourth-order valence-electron chi connectivity index (χ4n) is 1.95. The van der Waals surface area contributed by atoms with Gasteiger partial charge in [-0.3, -0.25) is 4.99 Å². The number of halogens is 1. The first-order chi connectivity index (χ1) is 10.2. The van der Waals surface area contributed by atoms with Crippen LogP contribution in [0.15, 0.2) is 40.7 Å². The van der Waals surface area contributed by atoms with Crippen molar-refractivity contribution in [1.82, 2.24) is 10.6 Å². The normalized spacial score (nSPS) is 11.5. The minimum Gasteiger partial charge on any atom is -0.356 e. The van der Waals surface area contributed by atoms with E-state index in [-0.39, 0.29) is 0 Å². The molecular weight excluding hydrogens is 302 g/mol. The van der Waals surface area contributed by atoms with Gasteiger partial charge in [-0.1, -0.05) is 23.7 Å². The zero-order valence-corrected chi connectivity index (χ0v) is 13.9. The number of thiophene rings is 1. The molecule has 0 saturated heterocycles. The molecule has 21 heavy (non-hydrogen) atoms. The standard InChI is InChI=1S/C16H20ClN3S/c1-12-8-10-21-15(12)11-20-16(18-2)19-9-7-13-3-5-14(17)6-4-13/h3-6,8,10H,7,9,11H2,1-2H3,(H2,18,19,20). The highest BCUT2D eigenvalue weighted by Crippen LogP contribution is 2.14. The lowest BCUT2D eigenvalue weighted by atomic mass is 10.1. The number of benzene rings is 1. The Kier molecular flexibility index (Phi) is 6.08. The average Bonchev–Trinajstić information content (AvgIpc) is 2.90. The molecule has 0 amide bonds. The Morgan fingerprint density at radius 1 is 1.19 bits per heavy atom. The monoisotopic (exact) mass is 321 g/mol. The molecule has 5 heteroatoms. The summed E-state index contributed by atoms with van der Waals surface area (Å²) in [5, 5.41) is 9.55. The third-order valence-corrected chi connectivity index (χ3v) is 4.50. The van der Waals surface area contributed by atoms with E-state index < -0.39 is 0 Å². The van der Waals surface area contributed by atoms with Gasteiger partial charge in [-0.25, -0.2) is 0 Å². The summed E-state index contributed by atoms with van der Waals surface area (Å²) < 4.78 is 0. The number of hydrogen-bond donors (Lipinski definition) is 2. The Bertz CT molecular complexity index is 590. The van der Waals surface area contributed by atoms with Crippen LogP contribution in [0.3, 0.4) is 0 Å². The van der Waals surface area contributed by atoms with E-state index in [1.165, 1.54) is 16.0 Å². The summed E-state index contributed by atoms with van der Waals surface area (Å²) in [4.78, 5) is 5.58. The molecule has 0 spiro atoms. The Morgan fingerprint density at radius 3 is 2.57 bits per heavy atom. The first-order valence-electron chi connectivity index (χ1n) is 6.91. The first kappa shape index (κ1) is 15.9. The molecule has 2 aromatic rings. The van der Waals surface area contributed by atoms with Crippen molar-refractivity contribution in [3.05, 3.63) is 56.7 Å². The molecule has 0 unspecified atom stereocenters. The third-order valence-electron chi connectivity index (χ3n) is 3.23. The van der Waals surface area contributed by atoms with Crippen LogP contribution in [0.2, 0.25) is 5.02 Å². The molecule has 3 nitrogen and oxygen atoms in total. The minimum absolute atomic E-state index is 0.774. The van der Waals surface area contributed by atoms with Gasteiger partial charge in [0.1, 0.15) is 0 Å². The van der Waals surface area contributed by atoms with Gasteiger partial charge in [-0.05, 0) is 48.1 Å². The Labute approximate surface area is 135 Å². The van der Waals surface area contributed by atoms with Gasteiger partial charge in [-0.2, -0.15) is 0 Å². The summed E-state index contributed by atoms with van der Waals surface area (Å²) in [7, 11) is 1.79. The number of nitrogens with one attached hydrogen (secondary N) is 2. The SMILES string of the molecule is CN=C(NCCc1ccc(Cl)cc1)NCc1sccc1C. The van der Waals surface area contributed by atoms with Crippen molar-refractivity contribution in [2.24, 2.45) is 4.99 Å². The first-order valence-corrected chi connectivity index (χ1v) is 8.16. The molecule has 0 bridgehead atoms. The highest BCUT2D eigenvalue weighted by molar-refractivity contribution is 7.10. The summed E-state index contributed by atoms with van der Waals surface area (Å²) >= 11 is 7.64. The number of aryl methyl sites for hydroxylation is 1. The Balaban J connectivity index is 1.75. The van der Waals surface area contributed by atoms with E-state index >= 15 is 0 Å². The molecule has 0 aliphatic rings. The topological polar surface area (TPSA) is 36.4 Å². The highest BCUT2D eigenvalue weighted by Gasteiger charge is 2.02. The molecule has 1 aromatic heterocycles. The molecule has 1 heterocycles. The second-order valence-corrected chi connectivity index (χ2v) is 6.19. The zero-order chi connectivity index (χ0) is 15.1. The average molecular weight is 322 g/mol. The van der Waals surface area contributed by atoms with Gasteiger partial charge in [-0.15, -0.1) is 11.3 Å². The second-order valence-electron chi connectivity index (χ2n) is 4.76. The van der Waals surface area contributed by atoms with Gasteiger partial charge in [0.15, 0.2) is 5.96 Å². The van der Waals surface area contributed by atoms with Crippen molar-refractivity contribution in [3.63, 3.8) is 0 Å². The lowest BCUT2D eigenvalue weighted by molar-refractivity contribution is 0.798. The lowest BCUT2D eigenvalue weighted by Crippen LogP contribution is -2.37. The highest BCUT2D eigenvalue weighted by atomic mass is 35.5. The van der Waals surface area contributed by atoms with Gasteiger partial charge in [0.2, 0.25) is 0 Å². The predicted molar refractivity (Wildman–Crippen MR) is 92.4 cm³/mol. The van der Waals surface area contributed by atoms with Crippen LogP contribution in [0.5, 0.6) is 0 Å². The Hall–Kier alpha value is -1.52. The maximum atomic E-state index is 5.88. The molecule has 0 aliphatic carbocycles. The van der Waals surface area contributed by atoms with E-state index in [4.69, 9.17) is 11.6 Å². The predicted octanol–water partition coefficient (Wildman–Crippen LogP) is 3.62. The van der Waals surface area contributed by atoms with Crippen molar-refractivity contribution >= 4 is 28.9 Å². The van der Waals surface area contributed by atoms with Crippen LogP contribution in [0, 0.1) is 6.92 Å². The van der Waals surface area contributed by atoms with E-state index in [0.29, 0.717) is 0 Å². The molecule has 0 atom stereocenters. The van der Waals surface area contributed by atoms with Crippen LogP contribution in [-0.2, 0) is 13.0 Å². The molecule has 0 aliphatic heterocycles. The number of rotatable bonds is 5. The van der Waals surface area contributed by atoms with Crippen LogP contribution < -0.4 is 10.6 Å².